The van der Waals surface area contributed by atoms with E-state index in [1.165, 1.54) is 0 Å². The van der Waals surface area contributed by atoms with Crippen LogP contribution >= 0.6 is 0 Å². The first-order chi connectivity index (χ1) is 8.75. The van der Waals surface area contributed by atoms with Crippen LogP contribution in [0.2, 0.25) is 0 Å². The van der Waals surface area contributed by atoms with Crippen molar-refractivity contribution < 1.29 is 24.2 Å². The van der Waals surface area contributed by atoms with Crippen molar-refractivity contribution >= 4 is 11.6 Å². The van der Waals surface area contributed by atoms with Crippen molar-refractivity contribution in [3.05, 3.63) is 12.2 Å². The number of Topliss-reactive ketones (excluding diaryl/α,β-unsaturated/α-hetero) is 2. The van der Waals surface area contributed by atoms with Gasteiger partial charge in [0.25, 0.3) is 0 Å². The lowest BCUT2D eigenvalue weighted by Crippen LogP contribution is -2.57. The van der Waals surface area contributed by atoms with E-state index in [4.69, 9.17) is 9.47 Å². The molecule has 0 bridgehead atoms. The molecule has 0 radical (unpaired) electrons. The Balaban J connectivity index is 1.78. The van der Waals surface area contributed by atoms with Crippen molar-refractivity contribution in [2.45, 2.75) is 49.3 Å². The van der Waals surface area contributed by atoms with Gasteiger partial charge in [0.1, 0.15) is 17.3 Å². The van der Waals surface area contributed by atoms with Crippen molar-refractivity contribution in [1.82, 2.24) is 0 Å². The Labute approximate surface area is 109 Å². The molecular weight excluding hydrogens is 248 g/mol. The molecule has 3 saturated carbocycles. The van der Waals surface area contributed by atoms with Gasteiger partial charge in [-0.05, 0) is 20.3 Å². The van der Waals surface area contributed by atoms with Gasteiger partial charge in [-0.1, -0.05) is 6.58 Å². The largest absolute Gasteiger partial charge is 0.380 e. The Morgan fingerprint density at radius 2 is 2.00 bits per heavy atom. The van der Waals surface area contributed by atoms with Crippen molar-refractivity contribution in [2.75, 3.05) is 0 Å². The van der Waals surface area contributed by atoms with Gasteiger partial charge >= 0.3 is 0 Å². The first-order valence-electron chi connectivity index (χ1n) is 6.61. The molecule has 2 heterocycles. The summed E-state index contributed by atoms with van der Waals surface area (Å²) in [5.74, 6) is -0.752. The average molecular weight is 262 g/mol. The van der Waals surface area contributed by atoms with Crippen LogP contribution in [0.3, 0.4) is 0 Å². The number of ether oxygens (including phenoxy) is 2. The first kappa shape index (κ1) is 10.7. The molecule has 7 unspecified atom stereocenters. The Bertz CT molecular complexity index is 625. The van der Waals surface area contributed by atoms with Gasteiger partial charge in [0.05, 0.1) is 5.41 Å². The molecule has 2 saturated heterocycles. The zero-order chi connectivity index (χ0) is 13.6. The molecule has 5 fully saturated rings. The van der Waals surface area contributed by atoms with Crippen LogP contribution in [0.25, 0.3) is 0 Å². The van der Waals surface area contributed by atoms with E-state index in [2.05, 4.69) is 6.58 Å². The highest BCUT2D eigenvalue weighted by Gasteiger charge is 2.95. The minimum atomic E-state index is -1.57. The molecule has 2 aliphatic heterocycles. The summed E-state index contributed by atoms with van der Waals surface area (Å²) in [5, 5.41) is 11.2. The van der Waals surface area contributed by atoms with E-state index in [0.717, 1.165) is 0 Å². The highest BCUT2D eigenvalue weighted by molar-refractivity contribution is 6.12. The molecule has 7 atom stereocenters. The SMILES string of the molecule is C=C1C(=O)C2OC23CC2C4OC4(C)C(=O)C2(O)C13C. The summed E-state index contributed by atoms with van der Waals surface area (Å²) in [6, 6.07) is 0. The molecule has 0 aromatic rings. The lowest BCUT2D eigenvalue weighted by Gasteiger charge is -2.40. The van der Waals surface area contributed by atoms with Gasteiger partial charge in [-0.25, -0.2) is 0 Å². The number of epoxide rings is 2. The van der Waals surface area contributed by atoms with Crippen LogP contribution in [0, 0.1) is 11.3 Å². The molecule has 5 aliphatic rings. The number of fused-ring (bicyclic) bond motifs is 4. The topological polar surface area (TPSA) is 79.4 Å². The number of hydrogen-bond donors (Lipinski definition) is 1. The van der Waals surface area contributed by atoms with E-state index in [0.29, 0.717) is 12.0 Å². The van der Waals surface area contributed by atoms with Gasteiger partial charge in [-0.2, -0.15) is 0 Å². The van der Waals surface area contributed by atoms with Gasteiger partial charge in [-0.3, -0.25) is 9.59 Å². The second-order valence-electron chi connectivity index (χ2n) is 6.91. The maximum Gasteiger partial charge on any atom is 0.199 e. The molecule has 0 aromatic carbocycles. The van der Waals surface area contributed by atoms with E-state index >= 15 is 0 Å². The summed E-state index contributed by atoms with van der Waals surface area (Å²) in [4.78, 5) is 24.7. The summed E-state index contributed by atoms with van der Waals surface area (Å²) in [6.45, 7) is 7.32. The highest BCUT2D eigenvalue weighted by atomic mass is 16.6. The number of ketones is 2. The van der Waals surface area contributed by atoms with Crippen LogP contribution in [-0.2, 0) is 19.1 Å². The number of carbonyl (C=O) groups excluding carboxylic acids is 2. The number of hydrogen-bond acceptors (Lipinski definition) is 5. The average Bonchev–Trinajstić information content (AvgIpc) is 3.21. The Hall–Kier alpha value is -1.04. The minimum Gasteiger partial charge on any atom is -0.380 e. The number of rotatable bonds is 0. The van der Waals surface area contributed by atoms with E-state index in [1.54, 1.807) is 13.8 Å². The molecule has 100 valence electrons. The normalized spacial score (nSPS) is 67.7. The third-order valence-corrected chi connectivity index (χ3v) is 6.52. The quantitative estimate of drug-likeness (QED) is 0.481. The predicted molar refractivity (Wildman–Crippen MR) is 61.2 cm³/mol. The summed E-state index contributed by atoms with van der Waals surface area (Å²) in [5.41, 5.74) is -3.82. The van der Waals surface area contributed by atoms with Crippen molar-refractivity contribution in [3.8, 4) is 0 Å². The van der Waals surface area contributed by atoms with E-state index in [9.17, 15) is 14.7 Å². The lowest BCUT2D eigenvalue weighted by molar-refractivity contribution is -0.158. The van der Waals surface area contributed by atoms with Crippen LogP contribution in [0.15, 0.2) is 12.2 Å². The van der Waals surface area contributed by atoms with Gasteiger partial charge in [0, 0.05) is 11.5 Å². The van der Waals surface area contributed by atoms with Gasteiger partial charge in [-0.15, -0.1) is 0 Å². The molecule has 0 aromatic heterocycles. The first-order valence-corrected chi connectivity index (χ1v) is 6.61. The molecule has 0 amide bonds. The molecule has 1 spiro atoms. The van der Waals surface area contributed by atoms with Crippen LogP contribution in [0.4, 0.5) is 0 Å². The maximum atomic E-state index is 12.6. The zero-order valence-corrected chi connectivity index (χ0v) is 10.7. The fourth-order valence-electron chi connectivity index (χ4n) is 5.22. The maximum absolute atomic E-state index is 12.6. The van der Waals surface area contributed by atoms with Gasteiger partial charge < -0.3 is 14.6 Å². The number of aliphatic hydroxyl groups is 1. The Morgan fingerprint density at radius 3 is 2.68 bits per heavy atom. The molecule has 3 aliphatic carbocycles. The lowest BCUT2D eigenvalue weighted by atomic mass is 9.66. The minimum absolute atomic E-state index is 0.159. The fourth-order valence-corrected chi connectivity index (χ4v) is 5.22. The van der Waals surface area contributed by atoms with Crippen molar-refractivity contribution in [2.24, 2.45) is 11.3 Å². The third-order valence-electron chi connectivity index (χ3n) is 6.52. The van der Waals surface area contributed by atoms with Crippen LogP contribution < -0.4 is 0 Å². The summed E-state index contributed by atoms with van der Waals surface area (Å²) in [6.07, 6.45) is -0.256. The van der Waals surface area contributed by atoms with Crippen LogP contribution in [0.5, 0.6) is 0 Å². The molecule has 1 N–H and O–H groups in total. The predicted octanol–water partition coefficient (Wildman–Crippen LogP) is -0.240. The van der Waals surface area contributed by atoms with Crippen molar-refractivity contribution in [1.29, 1.82) is 0 Å². The summed E-state index contributed by atoms with van der Waals surface area (Å²) in [7, 11) is 0. The molecule has 5 rings (SSSR count). The second-order valence-corrected chi connectivity index (χ2v) is 6.91. The molecule has 5 nitrogen and oxygen atoms in total. The van der Waals surface area contributed by atoms with Gasteiger partial charge in [0.15, 0.2) is 23.3 Å². The highest BCUT2D eigenvalue weighted by Crippen LogP contribution is 2.79. The van der Waals surface area contributed by atoms with Crippen molar-refractivity contribution in [3.63, 3.8) is 0 Å². The fraction of sp³-hybridized carbons (Fsp3) is 0.714. The summed E-state index contributed by atoms with van der Waals surface area (Å²) >= 11 is 0. The van der Waals surface area contributed by atoms with E-state index in [-0.39, 0.29) is 23.6 Å². The van der Waals surface area contributed by atoms with E-state index < -0.39 is 28.3 Å². The number of carbonyl (C=O) groups is 2. The molecule has 5 heteroatoms. The molecule has 19 heavy (non-hydrogen) atoms. The summed E-state index contributed by atoms with van der Waals surface area (Å²) < 4.78 is 11.1. The Morgan fingerprint density at radius 1 is 1.32 bits per heavy atom. The van der Waals surface area contributed by atoms with E-state index in [1.807, 2.05) is 0 Å². The third kappa shape index (κ3) is 0.658. The zero-order valence-electron chi connectivity index (χ0n) is 10.7. The van der Waals surface area contributed by atoms with Crippen LogP contribution in [0.1, 0.15) is 20.3 Å². The smallest absolute Gasteiger partial charge is 0.199 e. The van der Waals surface area contributed by atoms with Crippen LogP contribution in [-0.4, -0.2) is 45.7 Å². The monoisotopic (exact) mass is 262 g/mol. The molecular formula is C14H14O5. The van der Waals surface area contributed by atoms with Gasteiger partial charge in [0.2, 0.25) is 0 Å². The Kier molecular flexibility index (Phi) is 1.26. The second kappa shape index (κ2) is 2.24. The standard InChI is InChI=1S/C14H14O5/c1-5-7(15)9-13(19-9)4-6-8-11(2,18-8)10(16)14(6,17)12(5,13)3/h6,8-9,17H,1,4H2,2-3H3.